The first-order valence-corrected chi connectivity index (χ1v) is 13.5. The van der Waals surface area contributed by atoms with Crippen molar-refractivity contribution in [3.63, 3.8) is 0 Å². The first-order valence-electron chi connectivity index (χ1n) is 13.5. The first-order chi connectivity index (χ1) is 20.7. The Hall–Kier alpha value is -6.09. The third kappa shape index (κ3) is 3.21. The molecule has 5 heterocycles. The minimum atomic E-state index is 0.533. The molecule has 3 N–H and O–H groups in total. The third-order valence-electron chi connectivity index (χ3n) is 7.77. The number of nitrogens with zero attached hydrogens (tertiary/aromatic N) is 6. The predicted octanol–water partition coefficient (Wildman–Crippen LogP) is 6.87. The molecule has 0 aliphatic carbocycles. The lowest BCUT2D eigenvalue weighted by atomic mass is 10.1. The number of hydrogen-bond acceptors (Lipinski definition) is 7. The molecule has 0 spiro atoms. The van der Waals surface area contributed by atoms with Crippen molar-refractivity contribution in [3.8, 4) is 45.6 Å². The van der Waals surface area contributed by atoms with Crippen molar-refractivity contribution < 1.29 is 0 Å². The van der Waals surface area contributed by atoms with E-state index in [0.29, 0.717) is 45.9 Å². The molecule has 0 fully saturated rings. The average molecular weight is 542 g/mol. The molecule has 0 radical (unpaired) electrons. The summed E-state index contributed by atoms with van der Waals surface area (Å²) in [5.41, 5.74) is 6.76. The summed E-state index contributed by atoms with van der Waals surface area (Å²) >= 11 is 0. The van der Waals surface area contributed by atoms with Crippen LogP contribution in [0.15, 0.2) is 91.0 Å². The van der Waals surface area contributed by atoms with Crippen LogP contribution in [-0.2, 0) is 0 Å². The highest BCUT2D eigenvalue weighted by molar-refractivity contribution is 6.12. The van der Waals surface area contributed by atoms with Gasteiger partial charge in [-0.3, -0.25) is 0 Å². The molecule has 9 heteroatoms. The lowest BCUT2D eigenvalue weighted by molar-refractivity contribution is 1.19. The Morgan fingerprint density at radius 1 is 0.429 bits per heavy atom. The lowest BCUT2D eigenvalue weighted by Crippen LogP contribution is -1.84. The maximum atomic E-state index is 8.09. The molecule has 42 heavy (non-hydrogen) atoms. The van der Waals surface area contributed by atoms with Gasteiger partial charge >= 0.3 is 0 Å². The van der Waals surface area contributed by atoms with Gasteiger partial charge in [0.2, 0.25) is 0 Å². The second-order valence-electron chi connectivity index (χ2n) is 10.2. The fourth-order valence-corrected chi connectivity index (χ4v) is 5.84. The van der Waals surface area contributed by atoms with Crippen LogP contribution in [0.3, 0.4) is 0 Å². The zero-order chi connectivity index (χ0) is 27.8. The van der Waals surface area contributed by atoms with E-state index in [9.17, 15) is 0 Å². The molecule has 0 saturated carbocycles. The number of aromatic amines is 2. The fourth-order valence-electron chi connectivity index (χ4n) is 5.84. The van der Waals surface area contributed by atoms with Crippen molar-refractivity contribution >= 4 is 50.3 Å². The van der Waals surface area contributed by atoms with Crippen LogP contribution in [0.5, 0.6) is 0 Å². The number of hydrogen-bond donors (Lipinski definition) is 3. The highest BCUT2D eigenvalue weighted by Crippen LogP contribution is 2.36. The minimum Gasteiger partial charge on any atom is -0.324 e. The van der Waals surface area contributed by atoms with E-state index < -0.39 is 0 Å². The second-order valence-corrected chi connectivity index (χ2v) is 10.2. The zero-order valence-corrected chi connectivity index (χ0v) is 21.9. The van der Waals surface area contributed by atoms with Gasteiger partial charge in [0.25, 0.3) is 0 Å². The number of H-pyrrole nitrogens is 2. The van der Waals surface area contributed by atoms with Gasteiger partial charge in [-0.1, -0.05) is 91.0 Å². The van der Waals surface area contributed by atoms with Crippen molar-refractivity contribution in [1.82, 2.24) is 39.9 Å². The van der Waals surface area contributed by atoms with Crippen molar-refractivity contribution in [1.29, 1.82) is 5.41 Å². The summed E-state index contributed by atoms with van der Waals surface area (Å²) in [4.78, 5) is 36.7. The molecule has 196 valence electrons. The second kappa shape index (κ2) is 8.45. The molecule has 3 aromatic heterocycles. The maximum absolute atomic E-state index is 8.09. The van der Waals surface area contributed by atoms with Crippen LogP contribution >= 0.6 is 0 Å². The molecule has 0 unspecified atom stereocenters. The number of nitrogens with one attached hydrogen (secondary N) is 3. The van der Waals surface area contributed by atoms with Crippen LogP contribution in [0.4, 0.5) is 0 Å². The van der Waals surface area contributed by atoms with Gasteiger partial charge in [-0.2, -0.15) is 0 Å². The summed E-state index contributed by atoms with van der Waals surface area (Å²) in [5.74, 6) is 2.20. The molecule has 0 atom stereocenters. The van der Waals surface area contributed by atoms with Gasteiger partial charge in [-0.25, -0.2) is 29.9 Å². The van der Waals surface area contributed by atoms with Gasteiger partial charge in [0, 0.05) is 55.6 Å². The topological polar surface area (TPSA) is 133 Å². The summed E-state index contributed by atoms with van der Waals surface area (Å²) in [6, 6.07) is 29.7. The van der Waals surface area contributed by atoms with Crippen molar-refractivity contribution in [3.05, 3.63) is 96.6 Å². The highest BCUT2D eigenvalue weighted by atomic mass is 15.1. The highest BCUT2D eigenvalue weighted by Gasteiger charge is 2.22. The normalized spacial score (nSPS) is 11.9. The minimum absolute atomic E-state index is 0.533. The average Bonchev–Trinajstić information content (AvgIpc) is 3.76. The van der Waals surface area contributed by atoms with Gasteiger partial charge < -0.3 is 15.4 Å². The molecule has 2 aliphatic heterocycles. The van der Waals surface area contributed by atoms with E-state index in [1.807, 2.05) is 91.0 Å². The smallest absolute Gasteiger partial charge is 0.164 e. The number of rotatable bonds is 1. The molecular formula is C33H19N9. The molecule has 9 rings (SSSR count). The zero-order valence-electron chi connectivity index (χ0n) is 21.9. The Morgan fingerprint density at radius 2 is 0.833 bits per heavy atom. The molecule has 9 nitrogen and oxygen atoms in total. The van der Waals surface area contributed by atoms with E-state index in [4.69, 9.17) is 35.3 Å². The Labute approximate surface area is 237 Å². The fraction of sp³-hybridized carbons (Fsp3) is 0. The molecular weight excluding hydrogens is 522 g/mol. The van der Waals surface area contributed by atoms with Crippen LogP contribution in [0.2, 0.25) is 0 Å². The Bertz CT molecular complexity index is 2450. The standard InChI is InChI=1S/C33H19N9/c34-16-17-8-7-15-24-25(17)33-41-31-23-14-6-5-13-22(23)29(39-31)37-27-19-10-2-1-9-18(19)26(35-27)36-28-20-11-3-4-12-21(20)30(38-28)40-32(24)42-33/h1-16,34H,(H2,35,36,37,38,39,40,41,42). The Morgan fingerprint density at radius 3 is 1.33 bits per heavy atom. The Kier molecular flexibility index (Phi) is 4.57. The Balaban J connectivity index is 1.52. The molecule has 0 saturated heterocycles. The quantitative estimate of drug-likeness (QED) is 0.194. The number of fused-ring (bicyclic) bond motifs is 20. The van der Waals surface area contributed by atoms with Crippen LogP contribution in [-0.4, -0.2) is 46.1 Å². The van der Waals surface area contributed by atoms with Crippen LogP contribution < -0.4 is 0 Å². The molecule has 4 aromatic carbocycles. The van der Waals surface area contributed by atoms with Gasteiger partial charge in [0.1, 0.15) is 22.6 Å². The SMILES string of the molecule is N=Cc1cccc2c3nc4nc(nc5[nH]c(nc6nc(nc([nH]3)c12)-c1ccccc1-6)c1ccccc51)-c1ccccc1-4. The number of benzene rings is 4. The van der Waals surface area contributed by atoms with E-state index in [1.54, 1.807) is 0 Å². The monoisotopic (exact) mass is 541 g/mol. The van der Waals surface area contributed by atoms with Crippen LogP contribution in [0.25, 0.3) is 89.7 Å². The molecule has 7 aromatic rings. The van der Waals surface area contributed by atoms with Crippen LogP contribution in [0, 0.1) is 5.41 Å². The van der Waals surface area contributed by atoms with E-state index in [-0.39, 0.29) is 0 Å². The molecule has 0 amide bonds. The van der Waals surface area contributed by atoms with Gasteiger partial charge in [0.15, 0.2) is 23.3 Å². The summed E-state index contributed by atoms with van der Waals surface area (Å²) in [6.45, 7) is 0. The number of aromatic nitrogens is 8. The van der Waals surface area contributed by atoms with E-state index >= 15 is 0 Å². The summed E-state index contributed by atoms with van der Waals surface area (Å²) in [7, 11) is 0. The first kappa shape index (κ1) is 22.7. The van der Waals surface area contributed by atoms with Crippen molar-refractivity contribution in [2.24, 2.45) is 0 Å². The summed E-state index contributed by atoms with van der Waals surface area (Å²) < 4.78 is 0. The summed E-state index contributed by atoms with van der Waals surface area (Å²) in [6.07, 6.45) is 1.33. The lowest BCUT2D eigenvalue weighted by Gasteiger charge is -1.97. The third-order valence-corrected chi connectivity index (χ3v) is 7.77. The largest absolute Gasteiger partial charge is 0.324 e. The predicted molar refractivity (Wildman–Crippen MR) is 164 cm³/mol. The van der Waals surface area contributed by atoms with E-state index in [1.165, 1.54) is 6.21 Å². The van der Waals surface area contributed by atoms with E-state index in [0.717, 1.165) is 49.4 Å². The van der Waals surface area contributed by atoms with Gasteiger partial charge in [-0.15, -0.1) is 0 Å². The maximum Gasteiger partial charge on any atom is 0.164 e. The van der Waals surface area contributed by atoms with Crippen molar-refractivity contribution in [2.75, 3.05) is 0 Å². The van der Waals surface area contributed by atoms with Crippen LogP contribution in [0.1, 0.15) is 5.56 Å². The molecule has 2 aliphatic rings. The van der Waals surface area contributed by atoms with Gasteiger partial charge in [-0.05, 0) is 0 Å². The van der Waals surface area contributed by atoms with Gasteiger partial charge in [0.05, 0.1) is 0 Å². The van der Waals surface area contributed by atoms with Crippen molar-refractivity contribution in [2.45, 2.75) is 0 Å². The summed E-state index contributed by atoms with van der Waals surface area (Å²) in [5, 5.41) is 11.6. The molecule has 8 bridgehead atoms. The van der Waals surface area contributed by atoms with E-state index in [2.05, 4.69) is 9.97 Å².